The highest BCUT2D eigenvalue weighted by Gasteiger charge is 2.18. The molecule has 156 valence electrons. The maximum Gasteiger partial charge on any atom is 0.206 e. The van der Waals surface area contributed by atoms with E-state index in [-0.39, 0.29) is 19.6 Å². The highest BCUT2D eigenvalue weighted by Crippen LogP contribution is 2.28. The Bertz CT molecular complexity index is 1270. The second kappa shape index (κ2) is 8.37. The molecule has 31 heavy (non-hydrogen) atoms. The van der Waals surface area contributed by atoms with Crippen molar-refractivity contribution in [3.05, 3.63) is 109 Å². The van der Waals surface area contributed by atoms with Crippen molar-refractivity contribution in [3.8, 4) is 11.5 Å². The van der Waals surface area contributed by atoms with Crippen molar-refractivity contribution in [2.45, 2.75) is 19.6 Å². The molecule has 4 aromatic rings. The Hall–Kier alpha value is -3.42. The number of sulfone groups is 2. The van der Waals surface area contributed by atoms with Crippen molar-refractivity contribution in [2.24, 2.45) is 0 Å². The van der Waals surface area contributed by atoms with E-state index < -0.39 is 19.7 Å². The van der Waals surface area contributed by atoms with Gasteiger partial charge in [0.05, 0.1) is 19.6 Å². The molecule has 0 N–H and O–H groups in total. The smallest absolute Gasteiger partial charge is 0.206 e. The van der Waals surface area contributed by atoms with Gasteiger partial charge in [-0.3, -0.25) is 0 Å². The number of benzene rings is 4. The summed E-state index contributed by atoms with van der Waals surface area (Å²) < 4.78 is 56.4. The molecule has 0 heterocycles. The average Bonchev–Trinajstić information content (AvgIpc) is 2.81. The Kier molecular flexibility index (Phi) is 5.63. The van der Waals surface area contributed by atoms with Crippen molar-refractivity contribution in [1.82, 2.24) is 0 Å². The van der Waals surface area contributed by atoms with Gasteiger partial charge in [0.1, 0.15) is 11.5 Å². The first-order valence-corrected chi connectivity index (χ1v) is 12.3. The van der Waals surface area contributed by atoms with Gasteiger partial charge in [-0.05, 0) is 72.8 Å². The molecule has 0 fully saturated rings. The Morgan fingerprint density at radius 2 is 0.677 bits per heavy atom. The fourth-order valence-corrected chi connectivity index (χ4v) is 5.55. The summed E-state index contributed by atoms with van der Waals surface area (Å²) in [7, 11) is -7.20. The van der Waals surface area contributed by atoms with Crippen LogP contribution in [0.1, 0.15) is 0 Å². The molecule has 0 aliphatic heterocycles. The van der Waals surface area contributed by atoms with Crippen LogP contribution < -0.4 is 4.74 Å². The third kappa shape index (κ3) is 4.38. The molecular weight excluding hydrogens is 432 g/mol. The van der Waals surface area contributed by atoms with E-state index in [1.54, 1.807) is 84.9 Å². The predicted molar refractivity (Wildman–Crippen MR) is 117 cm³/mol. The summed E-state index contributed by atoms with van der Waals surface area (Å²) in [5.74, 6) is 0.872. The molecule has 0 saturated heterocycles. The highest BCUT2D eigenvalue weighted by atomic mass is 32.2. The van der Waals surface area contributed by atoms with Crippen LogP contribution in [-0.4, -0.2) is 16.8 Å². The number of rotatable bonds is 6. The molecule has 7 heteroatoms. The second-order valence-electron chi connectivity index (χ2n) is 6.68. The van der Waals surface area contributed by atoms with Gasteiger partial charge in [0.2, 0.25) is 19.7 Å². The van der Waals surface area contributed by atoms with Crippen LogP contribution in [0.15, 0.2) is 129 Å². The zero-order valence-electron chi connectivity index (χ0n) is 16.3. The first-order chi connectivity index (χ1) is 14.9. The SMILES string of the molecule is O=S(=O)(c1ccccc1)c1ccc(Oc2ccc(S(=O)(=O)c3ccccc3)cc2)cc1. The quantitative estimate of drug-likeness (QED) is 0.406. The minimum absolute atomic E-state index is 0.162. The number of hydrogen-bond donors (Lipinski definition) is 0. The minimum Gasteiger partial charge on any atom is -0.457 e. The summed E-state index contributed by atoms with van der Waals surface area (Å²) in [5.41, 5.74) is 0. The van der Waals surface area contributed by atoms with Crippen LogP contribution in [0.3, 0.4) is 0 Å². The molecule has 0 amide bonds. The lowest BCUT2D eigenvalue weighted by atomic mass is 10.3. The van der Waals surface area contributed by atoms with E-state index in [1.807, 2.05) is 0 Å². The zero-order valence-corrected chi connectivity index (χ0v) is 17.9. The largest absolute Gasteiger partial charge is 0.457 e. The molecule has 0 radical (unpaired) electrons. The first kappa shape index (κ1) is 20.8. The van der Waals surface area contributed by atoms with E-state index in [4.69, 9.17) is 4.74 Å². The lowest BCUT2D eigenvalue weighted by molar-refractivity contribution is 0.481. The summed E-state index contributed by atoms with van der Waals surface area (Å²) in [5, 5.41) is 0. The van der Waals surface area contributed by atoms with Gasteiger partial charge < -0.3 is 4.74 Å². The van der Waals surface area contributed by atoms with Crippen LogP contribution >= 0.6 is 0 Å². The van der Waals surface area contributed by atoms with Gasteiger partial charge >= 0.3 is 0 Å². The lowest BCUT2D eigenvalue weighted by Gasteiger charge is -2.09. The third-order valence-electron chi connectivity index (χ3n) is 4.61. The molecule has 0 atom stereocenters. The molecule has 0 aliphatic carbocycles. The Morgan fingerprint density at radius 3 is 1.00 bits per heavy atom. The van der Waals surface area contributed by atoms with Crippen molar-refractivity contribution < 1.29 is 21.6 Å². The third-order valence-corrected chi connectivity index (χ3v) is 8.18. The summed E-state index contributed by atoms with van der Waals surface area (Å²) in [6.07, 6.45) is 0. The summed E-state index contributed by atoms with van der Waals surface area (Å²) >= 11 is 0. The molecule has 0 aliphatic rings. The fraction of sp³-hybridized carbons (Fsp3) is 0. The molecule has 0 spiro atoms. The van der Waals surface area contributed by atoms with E-state index in [9.17, 15) is 16.8 Å². The van der Waals surface area contributed by atoms with Gasteiger partial charge in [0, 0.05) is 0 Å². The fourth-order valence-electron chi connectivity index (χ4n) is 2.98. The molecule has 4 aromatic carbocycles. The van der Waals surface area contributed by atoms with Crippen LogP contribution in [0.2, 0.25) is 0 Å². The van der Waals surface area contributed by atoms with E-state index in [0.717, 1.165) is 0 Å². The van der Waals surface area contributed by atoms with Crippen LogP contribution in [0, 0.1) is 0 Å². The van der Waals surface area contributed by atoms with E-state index in [1.165, 1.54) is 24.3 Å². The average molecular weight is 451 g/mol. The Balaban J connectivity index is 1.52. The predicted octanol–water partition coefficient (Wildman–Crippen LogP) is 5.14. The second-order valence-corrected chi connectivity index (χ2v) is 10.6. The van der Waals surface area contributed by atoms with Crippen molar-refractivity contribution in [2.75, 3.05) is 0 Å². The Morgan fingerprint density at radius 1 is 0.387 bits per heavy atom. The van der Waals surface area contributed by atoms with Gasteiger partial charge in [-0.15, -0.1) is 0 Å². The molecule has 4 rings (SSSR count). The van der Waals surface area contributed by atoms with Crippen molar-refractivity contribution >= 4 is 19.7 Å². The summed E-state index contributed by atoms with van der Waals surface area (Å²) in [6, 6.07) is 28.5. The van der Waals surface area contributed by atoms with E-state index in [2.05, 4.69) is 0 Å². The van der Waals surface area contributed by atoms with Crippen LogP contribution in [0.5, 0.6) is 11.5 Å². The number of hydrogen-bond acceptors (Lipinski definition) is 5. The topological polar surface area (TPSA) is 77.5 Å². The van der Waals surface area contributed by atoms with Crippen LogP contribution in [-0.2, 0) is 19.7 Å². The van der Waals surface area contributed by atoms with Crippen LogP contribution in [0.4, 0.5) is 0 Å². The van der Waals surface area contributed by atoms with Gasteiger partial charge in [-0.1, -0.05) is 36.4 Å². The molecule has 5 nitrogen and oxygen atoms in total. The number of ether oxygens (including phenoxy) is 1. The first-order valence-electron chi connectivity index (χ1n) is 9.36. The van der Waals surface area contributed by atoms with Gasteiger partial charge in [0.25, 0.3) is 0 Å². The monoisotopic (exact) mass is 450 g/mol. The van der Waals surface area contributed by atoms with E-state index in [0.29, 0.717) is 11.5 Å². The van der Waals surface area contributed by atoms with Crippen LogP contribution in [0.25, 0.3) is 0 Å². The molecule has 0 aromatic heterocycles. The van der Waals surface area contributed by atoms with E-state index >= 15 is 0 Å². The Labute approximate surface area is 181 Å². The zero-order chi connectivity index (χ0) is 21.9. The van der Waals surface area contributed by atoms with Crippen molar-refractivity contribution in [3.63, 3.8) is 0 Å². The molecular formula is C24H18O5S2. The maximum atomic E-state index is 12.7. The minimum atomic E-state index is -3.60. The highest BCUT2D eigenvalue weighted by molar-refractivity contribution is 7.91. The molecule has 0 saturated carbocycles. The van der Waals surface area contributed by atoms with Gasteiger partial charge in [-0.2, -0.15) is 0 Å². The van der Waals surface area contributed by atoms with Crippen molar-refractivity contribution in [1.29, 1.82) is 0 Å². The van der Waals surface area contributed by atoms with Gasteiger partial charge in [0.15, 0.2) is 0 Å². The maximum absolute atomic E-state index is 12.7. The molecule has 0 bridgehead atoms. The molecule has 0 unspecified atom stereocenters. The summed E-state index contributed by atoms with van der Waals surface area (Å²) in [6.45, 7) is 0. The van der Waals surface area contributed by atoms with Gasteiger partial charge in [-0.25, -0.2) is 16.8 Å². The standard InChI is InChI=1S/C24H18O5S2/c25-30(26,21-7-3-1-4-8-21)23-15-11-19(12-16-23)29-20-13-17-24(18-14-20)31(27,28)22-9-5-2-6-10-22/h1-18H. The normalized spacial score (nSPS) is 11.7. The summed E-state index contributed by atoms with van der Waals surface area (Å²) in [4.78, 5) is 0.767. The lowest BCUT2D eigenvalue weighted by Crippen LogP contribution is -2.02.